The Balaban J connectivity index is 2.13. The molecular formula is C19H17N3O2. The quantitative estimate of drug-likeness (QED) is 0.693. The lowest BCUT2D eigenvalue weighted by Crippen LogP contribution is -2.37. The van der Waals surface area contributed by atoms with E-state index in [1.165, 1.54) is 0 Å². The highest BCUT2D eigenvalue weighted by molar-refractivity contribution is 5.98. The van der Waals surface area contributed by atoms with Crippen LogP contribution in [0.4, 0.5) is 5.69 Å². The van der Waals surface area contributed by atoms with Gasteiger partial charge in [0.1, 0.15) is 5.82 Å². The Morgan fingerprint density at radius 3 is 2.38 bits per heavy atom. The summed E-state index contributed by atoms with van der Waals surface area (Å²) in [6.45, 7) is 3.94. The fourth-order valence-corrected chi connectivity index (χ4v) is 3.32. The molecule has 2 heterocycles. The Morgan fingerprint density at radius 2 is 1.62 bits per heavy atom. The maximum atomic E-state index is 13.1. The van der Waals surface area contributed by atoms with Gasteiger partial charge in [-0.3, -0.25) is 14.2 Å². The summed E-state index contributed by atoms with van der Waals surface area (Å²) in [4.78, 5) is 32.2. The number of carbonyl (C=O) groups excluding carboxylic acids is 1. The number of nitrogens with zero attached hydrogens (tertiary/aromatic N) is 3. The molecule has 0 fully saturated rings. The van der Waals surface area contributed by atoms with Crippen LogP contribution in [0, 0.1) is 0 Å². The van der Waals surface area contributed by atoms with Crippen LogP contribution in [0.25, 0.3) is 16.6 Å². The van der Waals surface area contributed by atoms with Gasteiger partial charge in [-0.15, -0.1) is 0 Å². The average molecular weight is 319 g/mol. The summed E-state index contributed by atoms with van der Waals surface area (Å²) in [7, 11) is 0. The number of hydrogen-bond donors (Lipinski definition) is 0. The molecule has 0 radical (unpaired) electrons. The van der Waals surface area contributed by atoms with E-state index in [1.54, 1.807) is 21.6 Å². The van der Waals surface area contributed by atoms with Crippen LogP contribution >= 0.6 is 0 Å². The Hall–Kier alpha value is -2.95. The molecule has 1 aliphatic rings. The van der Waals surface area contributed by atoms with Crippen LogP contribution < -0.4 is 10.5 Å². The summed E-state index contributed by atoms with van der Waals surface area (Å²) in [6, 6.07) is 14.7. The number of rotatable bonds is 1. The average Bonchev–Trinajstić information content (AvgIpc) is 2.68. The fraction of sp³-hybridized carbons (Fsp3) is 0.211. The second-order valence-corrected chi connectivity index (χ2v) is 6.21. The summed E-state index contributed by atoms with van der Waals surface area (Å²) < 4.78 is 1.58. The van der Waals surface area contributed by atoms with E-state index in [1.807, 2.05) is 50.2 Å². The molecule has 0 spiro atoms. The zero-order valence-electron chi connectivity index (χ0n) is 13.6. The third-order valence-electron chi connectivity index (χ3n) is 4.32. The number of hydrogen-bond acceptors (Lipinski definition) is 3. The van der Waals surface area contributed by atoms with Crippen molar-refractivity contribution in [1.29, 1.82) is 0 Å². The molecule has 24 heavy (non-hydrogen) atoms. The van der Waals surface area contributed by atoms with Crippen molar-refractivity contribution < 1.29 is 4.79 Å². The number of amides is 1. The Bertz CT molecular complexity index is 1020. The first-order valence-corrected chi connectivity index (χ1v) is 8.00. The molecule has 0 N–H and O–H groups in total. The lowest BCUT2D eigenvalue weighted by atomic mass is 10.2. The number of aromatic nitrogens is 2. The van der Waals surface area contributed by atoms with Gasteiger partial charge < -0.3 is 4.90 Å². The molecule has 3 aromatic rings. The number of para-hydroxylation sites is 3. The first-order chi connectivity index (χ1) is 11.6. The van der Waals surface area contributed by atoms with Crippen LogP contribution in [0.2, 0.25) is 0 Å². The molecule has 1 amide bonds. The third-order valence-corrected chi connectivity index (χ3v) is 4.32. The van der Waals surface area contributed by atoms with Crippen LogP contribution in [0.1, 0.15) is 19.7 Å². The van der Waals surface area contributed by atoms with Crippen molar-refractivity contribution >= 4 is 22.5 Å². The van der Waals surface area contributed by atoms with Gasteiger partial charge in [0, 0.05) is 6.04 Å². The number of anilines is 1. The van der Waals surface area contributed by atoms with E-state index < -0.39 is 0 Å². The molecule has 120 valence electrons. The predicted octanol–water partition coefficient (Wildman–Crippen LogP) is 2.68. The molecule has 2 aromatic carbocycles. The molecule has 0 aliphatic carbocycles. The predicted molar refractivity (Wildman–Crippen MR) is 93.7 cm³/mol. The van der Waals surface area contributed by atoms with Gasteiger partial charge in [0.05, 0.1) is 28.7 Å². The summed E-state index contributed by atoms with van der Waals surface area (Å²) in [5, 5.41) is 0.557. The highest BCUT2D eigenvalue weighted by Crippen LogP contribution is 2.30. The molecule has 0 atom stereocenters. The van der Waals surface area contributed by atoms with Gasteiger partial charge in [0.2, 0.25) is 5.91 Å². The van der Waals surface area contributed by atoms with E-state index in [4.69, 9.17) is 0 Å². The van der Waals surface area contributed by atoms with E-state index in [9.17, 15) is 9.59 Å². The first kappa shape index (κ1) is 14.6. The van der Waals surface area contributed by atoms with Crippen molar-refractivity contribution in [3.8, 4) is 5.69 Å². The molecule has 1 aliphatic heterocycles. The zero-order valence-corrected chi connectivity index (χ0v) is 13.6. The molecule has 0 bridgehead atoms. The molecule has 0 saturated heterocycles. The van der Waals surface area contributed by atoms with Gasteiger partial charge >= 0.3 is 0 Å². The molecular weight excluding hydrogens is 302 g/mol. The van der Waals surface area contributed by atoms with Crippen molar-refractivity contribution in [2.75, 3.05) is 4.90 Å². The Kier molecular flexibility index (Phi) is 3.23. The first-order valence-electron chi connectivity index (χ1n) is 8.00. The maximum absolute atomic E-state index is 13.1. The lowest BCUT2D eigenvalue weighted by Gasteiger charge is -2.26. The standard InChI is InChI=1S/C19H17N3O2/c1-12(2)21-15-9-5-6-10-16(15)22-17(11-18(21)23)20-14-8-4-3-7-13(14)19(22)24/h3-10,12H,11H2,1-2H3. The van der Waals surface area contributed by atoms with Crippen LogP contribution in [-0.2, 0) is 11.2 Å². The van der Waals surface area contributed by atoms with Crippen LogP contribution in [-0.4, -0.2) is 21.5 Å². The lowest BCUT2D eigenvalue weighted by molar-refractivity contribution is -0.118. The molecule has 5 nitrogen and oxygen atoms in total. The molecule has 0 saturated carbocycles. The minimum absolute atomic E-state index is 0.00178. The topological polar surface area (TPSA) is 55.2 Å². The van der Waals surface area contributed by atoms with Gasteiger partial charge in [-0.05, 0) is 38.1 Å². The summed E-state index contributed by atoms with van der Waals surface area (Å²) in [6.07, 6.45) is 0.104. The SMILES string of the molecule is CC(C)N1C(=O)Cc2nc3ccccc3c(=O)n2-c2ccccc21. The van der Waals surface area contributed by atoms with E-state index in [0.717, 1.165) is 5.69 Å². The second kappa shape index (κ2) is 5.30. The van der Waals surface area contributed by atoms with E-state index in [-0.39, 0.29) is 23.9 Å². The monoisotopic (exact) mass is 319 g/mol. The van der Waals surface area contributed by atoms with Crippen molar-refractivity contribution in [2.45, 2.75) is 26.3 Å². The highest BCUT2D eigenvalue weighted by Gasteiger charge is 2.29. The van der Waals surface area contributed by atoms with Gasteiger partial charge in [0.25, 0.3) is 5.56 Å². The number of benzene rings is 2. The van der Waals surface area contributed by atoms with Gasteiger partial charge in [-0.25, -0.2) is 4.98 Å². The minimum Gasteiger partial charge on any atom is -0.307 e. The molecule has 0 unspecified atom stereocenters. The van der Waals surface area contributed by atoms with E-state index in [2.05, 4.69) is 4.98 Å². The Labute approximate surface area is 139 Å². The number of carbonyl (C=O) groups is 1. The normalized spacial score (nSPS) is 13.8. The molecule has 4 rings (SSSR count). The third kappa shape index (κ3) is 2.05. The zero-order chi connectivity index (χ0) is 16.8. The summed E-state index contributed by atoms with van der Waals surface area (Å²) >= 11 is 0. The molecule has 1 aromatic heterocycles. The van der Waals surface area contributed by atoms with Gasteiger partial charge in [-0.2, -0.15) is 0 Å². The van der Waals surface area contributed by atoms with E-state index >= 15 is 0 Å². The molecule has 5 heteroatoms. The van der Waals surface area contributed by atoms with E-state index in [0.29, 0.717) is 22.4 Å². The minimum atomic E-state index is -0.138. The van der Waals surface area contributed by atoms with Crippen molar-refractivity contribution in [1.82, 2.24) is 9.55 Å². The maximum Gasteiger partial charge on any atom is 0.266 e. The smallest absolute Gasteiger partial charge is 0.266 e. The van der Waals surface area contributed by atoms with Crippen molar-refractivity contribution in [2.24, 2.45) is 0 Å². The summed E-state index contributed by atoms with van der Waals surface area (Å²) in [5.41, 5.74) is 1.93. The highest BCUT2D eigenvalue weighted by atomic mass is 16.2. The van der Waals surface area contributed by atoms with Crippen molar-refractivity contribution in [3.05, 3.63) is 64.7 Å². The number of fused-ring (bicyclic) bond motifs is 4. The van der Waals surface area contributed by atoms with Crippen LogP contribution in [0.3, 0.4) is 0 Å². The van der Waals surface area contributed by atoms with Gasteiger partial charge in [0.15, 0.2) is 0 Å². The summed E-state index contributed by atoms with van der Waals surface area (Å²) in [5.74, 6) is 0.435. The van der Waals surface area contributed by atoms with Crippen molar-refractivity contribution in [3.63, 3.8) is 0 Å². The van der Waals surface area contributed by atoms with Crippen LogP contribution in [0.15, 0.2) is 53.3 Å². The van der Waals surface area contributed by atoms with Gasteiger partial charge in [-0.1, -0.05) is 24.3 Å². The fourth-order valence-electron chi connectivity index (χ4n) is 3.32. The second-order valence-electron chi connectivity index (χ2n) is 6.21. The van der Waals surface area contributed by atoms with Crippen LogP contribution in [0.5, 0.6) is 0 Å². The largest absolute Gasteiger partial charge is 0.307 e. The Morgan fingerprint density at radius 1 is 0.958 bits per heavy atom.